The number of fused-ring (bicyclic) bond motifs is 1. The summed E-state index contributed by atoms with van der Waals surface area (Å²) in [6.45, 7) is 4.15. The van der Waals surface area contributed by atoms with Gasteiger partial charge in [-0.05, 0) is 6.92 Å². The van der Waals surface area contributed by atoms with Crippen LogP contribution < -0.4 is 4.74 Å². The molecule has 4 nitrogen and oxygen atoms in total. The van der Waals surface area contributed by atoms with Crippen LogP contribution in [-0.4, -0.2) is 29.1 Å². The highest BCUT2D eigenvalue weighted by Crippen LogP contribution is 2.16. The molecule has 0 saturated carbocycles. The number of aromatic nitrogens is 2. The van der Waals surface area contributed by atoms with Gasteiger partial charge in [0, 0.05) is 12.7 Å². The summed E-state index contributed by atoms with van der Waals surface area (Å²) in [7, 11) is 0. The normalized spacial score (nSPS) is 21.6. The van der Waals surface area contributed by atoms with Crippen LogP contribution in [0.5, 0.6) is 5.88 Å². The highest BCUT2D eigenvalue weighted by atomic mass is 16.5. The fourth-order valence-corrected chi connectivity index (χ4v) is 1.34. The summed E-state index contributed by atoms with van der Waals surface area (Å²) in [4.78, 5) is 0. The van der Waals surface area contributed by atoms with Crippen LogP contribution in [0.3, 0.4) is 0 Å². The van der Waals surface area contributed by atoms with Crippen molar-refractivity contribution in [3.63, 3.8) is 0 Å². The van der Waals surface area contributed by atoms with Crippen molar-refractivity contribution in [2.24, 2.45) is 0 Å². The van der Waals surface area contributed by atoms with E-state index in [0.29, 0.717) is 6.61 Å². The average molecular weight is 168 g/mol. The number of hydrogen-bond acceptors (Lipinski definition) is 3. The van der Waals surface area contributed by atoms with Crippen LogP contribution in [0.15, 0.2) is 12.3 Å². The van der Waals surface area contributed by atoms with Gasteiger partial charge in [0.15, 0.2) is 0 Å². The van der Waals surface area contributed by atoms with Crippen molar-refractivity contribution in [1.29, 1.82) is 0 Å². The van der Waals surface area contributed by atoms with Crippen molar-refractivity contribution < 1.29 is 9.47 Å². The van der Waals surface area contributed by atoms with E-state index in [1.807, 2.05) is 17.7 Å². The van der Waals surface area contributed by atoms with Crippen LogP contribution in [-0.2, 0) is 11.3 Å². The fourth-order valence-electron chi connectivity index (χ4n) is 1.34. The highest BCUT2D eigenvalue weighted by Gasteiger charge is 2.19. The molecule has 66 valence electrons. The van der Waals surface area contributed by atoms with Gasteiger partial charge < -0.3 is 9.47 Å². The standard InChI is InChI=1S/C8H12N2O2/c1-2-11-7-5-10-8(12-6-7)3-4-9-10/h3-4,7H,2,5-6H2,1H3/t7-/m0/s1. The lowest BCUT2D eigenvalue weighted by atomic mass is 10.3. The summed E-state index contributed by atoms with van der Waals surface area (Å²) >= 11 is 0. The van der Waals surface area contributed by atoms with Crippen molar-refractivity contribution in [3.05, 3.63) is 12.3 Å². The zero-order chi connectivity index (χ0) is 8.39. The van der Waals surface area contributed by atoms with Crippen LogP contribution >= 0.6 is 0 Å². The third kappa shape index (κ3) is 1.30. The lowest BCUT2D eigenvalue weighted by Crippen LogP contribution is -2.32. The van der Waals surface area contributed by atoms with Crippen LogP contribution in [0.2, 0.25) is 0 Å². The van der Waals surface area contributed by atoms with Gasteiger partial charge >= 0.3 is 0 Å². The van der Waals surface area contributed by atoms with E-state index in [2.05, 4.69) is 5.10 Å². The lowest BCUT2D eigenvalue weighted by Gasteiger charge is -2.23. The predicted octanol–water partition coefficient (Wildman–Crippen LogP) is 0.681. The Hall–Kier alpha value is -1.03. The second-order valence-corrected chi connectivity index (χ2v) is 2.74. The van der Waals surface area contributed by atoms with Crippen molar-refractivity contribution in [1.82, 2.24) is 9.78 Å². The van der Waals surface area contributed by atoms with E-state index in [0.717, 1.165) is 19.0 Å². The minimum absolute atomic E-state index is 0.155. The van der Waals surface area contributed by atoms with Crippen molar-refractivity contribution in [2.75, 3.05) is 13.2 Å². The molecular formula is C8H12N2O2. The van der Waals surface area contributed by atoms with Gasteiger partial charge in [0.2, 0.25) is 5.88 Å². The summed E-state index contributed by atoms with van der Waals surface area (Å²) in [6.07, 6.45) is 1.89. The Bertz CT molecular complexity index is 259. The summed E-state index contributed by atoms with van der Waals surface area (Å²) in [5.41, 5.74) is 0. The summed E-state index contributed by atoms with van der Waals surface area (Å²) in [5.74, 6) is 0.839. The topological polar surface area (TPSA) is 36.3 Å². The van der Waals surface area contributed by atoms with Crippen molar-refractivity contribution in [3.8, 4) is 5.88 Å². The van der Waals surface area contributed by atoms with Crippen LogP contribution in [0.4, 0.5) is 0 Å². The Morgan fingerprint density at radius 2 is 2.75 bits per heavy atom. The molecule has 2 rings (SSSR count). The van der Waals surface area contributed by atoms with Gasteiger partial charge in [-0.15, -0.1) is 0 Å². The molecule has 0 spiro atoms. The maximum atomic E-state index is 5.42. The van der Waals surface area contributed by atoms with Crippen LogP contribution in [0, 0.1) is 0 Å². The monoisotopic (exact) mass is 168 g/mol. The zero-order valence-corrected chi connectivity index (χ0v) is 7.06. The molecule has 1 aliphatic rings. The number of ether oxygens (including phenoxy) is 2. The molecule has 0 saturated heterocycles. The molecular weight excluding hydrogens is 156 g/mol. The van der Waals surface area contributed by atoms with Crippen LogP contribution in [0.1, 0.15) is 6.92 Å². The molecule has 4 heteroatoms. The molecule has 1 aromatic rings. The summed E-state index contributed by atoms with van der Waals surface area (Å²) in [6, 6.07) is 1.86. The first-order valence-electron chi connectivity index (χ1n) is 4.16. The Morgan fingerprint density at radius 3 is 3.58 bits per heavy atom. The SMILES string of the molecule is CCO[C@@H]1COc2ccnn2C1. The minimum atomic E-state index is 0.155. The molecule has 0 aliphatic carbocycles. The first-order valence-corrected chi connectivity index (χ1v) is 4.16. The summed E-state index contributed by atoms with van der Waals surface area (Å²) in [5, 5.41) is 4.10. The van der Waals surface area contributed by atoms with Gasteiger partial charge in [0.1, 0.15) is 12.7 Å². The Morgan fingerprint density at radius 1 is 1.83 bits per heavy atom. The quantitative estimate of drug-likeness (QED) is 0.651. The molecule has 12 heavy (non-hydrogen) atoms. The second-order valence-electron chi connectivity index (χ2n) is 2.74. The maximum absolute atomic E-state index is 5.42. The Kier molecular flexibility index (Phi) is 1.99. The van der Waals surface area contributed by atoms with Gasteiger partial charge in [-0.2, -0.15) is 5.10 Å². The van der Waals surface area contributed by atoms with E-state index >= 15 is 0 Å². The molecule has 0 bridgehead atoms. The predicted molar refractivity (Wildman–Crippen MR) is 43.1 cm³/mol. The minimum Gasteiger partial charge on any atom is -0.475 e. The van der Waals surface area contributed by atoms with Gasteiger partial charge in [-0.1, -0.05) is 0 Å². The molecule has 0 unspecified atom stereocenters. The Balaban J connectivity index is 2.05. The number of nitrogens with zero attached hydrogens (tertiary/aromatic N) is 2. The van der Waals surface area contributed by atoms with Gasteiger partial charge in [-0.25, -0.2) is 4.68 Å². The van der Waals surface area contributed by atoms with Crippen LogP contribution in [0.25, 0.3) is 0 Å². The molecule has 0 fully saturated rings. The molecule has 1 atom stereocenters. The van der Waals surface area contributed by atoms with E-state index < -0.39 is 0 Å². The van der Waals surface area contributed by atoms with E-state index in [4.69, 9.17) is 9.47 Å². The van der Waals surface area contributed by atoms with E-state index in [1.165, 1.54) is 0 Å². The molecule has 1 aromatic heterocycles. The zero-order valence-electron chi connectivity index (χ0n) is 7.06. The second kappa shape index (κ2) is 3.15. The largest absolute Gasteiger partial charge is 0.475 e. The van der Waals surface area contributed by atoms with E-state index in [9.17, 15) is 0 Å². The van der Waals surface area contributed by atoms with E-state index in [1.54, 1.807) is 6.20 Å². The molecule has 0 aromatic carbocycles. The van der Waals surface area contributed by atoms with E-state index in [-0.39, 0.29) is 6.10 Å². The average Bonchev–Trinajstić information content (AvgIpc) is 2.51. The van der Waals surface area contributed by atoms with Gasteiger partial charge in [0.05, 0.1) is 12.7 Å². The number of rotatable bonds is 2. The molecule has 1 aliphatic heterocycles. The fraction of sp³-hybridized carbons (Fsp3) is 0.625. The summed E-state index contributed by atoms with van der Waals surface area (Å²) < 4.78 is 12.7. The third-order valence-electron chi connectivity index (χ3n) is 1.87. The van der Waals surface area contributed by atoms with Gasteiger partial charge in [0.25, 0.3) is 0 Å². The van der Waals surface area contributed by atoms with Crippen molar-refractivity contribution >= 4 is 0 Å². The third-order valence-corrected chi connectivity index (χ3v) is 1.87. The molecule has 0 N–H and O–H groups in total. The van der Waals surface area contributed by atoms with Crippen molar-refractivity contribution in [2.45, 2.75) is 19.6 Å². The first kappa shape index (κ1) is 7.61. The molecule has 0 amide bonds. The highest BCUT2D eigenvalue weighted by molar-refractivity contribution is 5.09. The molecule has 0 radical (unpaired) electrons. The van der Waals surface area contributed by atoms with Gasteiger partial charge in [-0.3, -0.25) is 0 Å². The lowest BCUT2D eigenvalue weighted by molar-refractivity contribution is -0.00642. The molecule has 2 heterocycles. The maximum Gasteiger partial charge on any atom is 0.211 e. The Labute approximate surface area is 71.1 Å². The number of hydrogen-bond donors (Lipinski definition) is 0. The first-order chi connectivity index (χ1) is 5.90. The smallest absolute Gasteiger partial charge is 0.211 e.